The predicted octanol–water partition coefficient (Wildman–Crippen LogP) is 2.87. The molecule has 1 aromatic rings. The van der Waals surface area contributed by atoms with E-state index in [9.17, 15) is 4.39 Å². The molecule has 0 aliphatic carbocycles. The lowest BCUT2D eigenvalue weighted by Gasteiger charge is -2.18. The molecule has 0 saturated carbocycles. The Hall–Kier alpha value is -0.970. The zero-order valence-corrected chi connectivity index (χ0v) is 20.0. The SMILES string of the molecule is CCNC(=NCCCOCC1CCOC1)NCCN(C)Cc1ccc(F)cc1.I. The van der Waals surface area contributed by atoms with Gasteiger partial charge in [-0.3, -0.25) is 4.99 Å². The van der Waals surface area contributed by atoms with Crippen LogP contribution in [0.5, 0.6) is 0 Å². The van der Waals surface area contributed by atoms with Crippen molar-refractivity contribution in [1.82, 2.24) is 15.5 Å². The number of nitrogens with one attached hydrogen (secondary N) is 2. The van der Waals surface area contributed by atoms with E-state index in [0.29, 0.717) is 5.92 Å². The Balaban J connectivity index is 0.00000420. The first kappa shape index (κ1) is 26.1. The lowest BCUT2D eigenvalue weighted by molar-refractivity contribution is 0.0893. The van der Waals surface area contributed by atoms with Gasteiger partial charge in [0, 0.05) is 51.9 Å². The van der Waals surface area contributed by atoms with Crippen molar-refractivity contribution in [3.8, 4) is 0 Å². The molecule has 0 aromatic heterocycles. The van der Waals surface area contributed by atoms with Crippen LogP contribution in [-0.2, 0) is 16.0 Å². The van der Waals surface area contributed by atoms with Crippen molar-refractivity contribution in [3.63, 3.8) is 0 Å². The van der Waals surface area contributed by atoms with Gasteiger partial charge >= 0.3 is 0 Å². The smallest absolute Gasteiger partial charge is 0.191 e. The maximum Gasteiger partial charge on any atom is 0.191 e. The number of nitrogens with zero attached hydrogens (tertiary/aromatic N) is 2. The highest BCUT2D eigenvalue weighted by Gasteiger charge is 2.15. The van der Waals surface area contributed by atoms with E-state index < -0.39 is 0 Å². The van der Waals surface area contributed by atoms with Crippen LogP contribution in [0.2, 0.25) is 0 Å². The summed E-state index contributed by atoms with van der Waals surface area (Å²) in [6.07, 6.45) is 2.02. The number of aliphatic imine (C=N–C) groups is 1. The molecule has 1 aromatic carbocycles. The van der Waals surface area contributed by atoms with Gasteiger partial charge in [-0.25, -0.2) is 4.39 Å². The van der Waals surface area contributed by atoms with Crippen LogP contribution in [0.4, 0.5) is 4.39 Å². The number of hydrogen-bond donors (Lipinski definition) is 2. The molecule has 6 nitrogen and oxygen atoms in total. The quantitative estimate of drug-likeness (QED) is 0.192. The zero-order valence-electron chi connectivity index (χ0n) is 17.7. The molecule has 0 radical (unpaired) electrons. The Morgan fingerprint density at radius 3 is 2.79 bits per heavy atom. The highest BCUT2D eigenvalue weighted by Crippen LogP contribution is 2.12. The van der Waals surface area contributed by atoms with Crippen molar-refractivity contribution in [3.05, 3.63) is 35.6 Å². The third-order valence-corrected chi connectivity index (χ3v) is 4.59. The van der Waals surface area contributed by atoms with E-state index in [1.807, 2.05) is 12.1 Å². The molecule has 2 rings (SSSR count). The first-order valence-corrected chi connectivity index (χ1v) is 10.3. The summed E-state index contributed by atoms with van der Waals surface area (Å²) in [6, 6.07) is 6.66. The van der Waals surface area contributed by atoms with Crippen LogP contribution in [0.25, 0.3) is 0 Å². The van der Waals surface area contributed by atoms with Gasteiger partial charge in [0.05, 0.1) is 13.2 Å². The minimum atomic E-state index is -0.197. The number of ether oxygens (including phenoxy) is 2. The van der Waals surface area contributed by atoms with Crippen LogP contribution in [-0.4, -0.2) is 70.5 Å². The van der Waals surface area contributed by atoms with Gasteiger partial charge in [-0.15, -0.1) is 24.0 Å². The summed E-state index contributed by atoms with van der Waals surface area (Å²) in [5.74, 6) is 1.20. The molecule has 1 aliphatic heterocycles. The van der Waals surface area contributed by atoms with Crippen molar-refractivity contribution >= 4 is 29.9 Å². The minimum Gasteiger partial charge on any atom is -0.381 e. The standard InChI is InChI=1S/C21H35FN4O2.HI/c1-3-23-21(24-10-4-13-27-16-19-9-14-28-17-19)25-11-12-26(2)15-18-5-7-20(22)8-6-18;/h5-8,19H,3-4,9-17H2,1-2H3,(H2,23,24,25);1H. The van der Waals surface area contributed by atoms with Crippen LogP contribution in [0, 0.1) is 11.7 Å². The Kier molecular flexibility index (Phi) is 14.2. The van der Waals surface area contributed by atoms with E-state index in [1.54, 1.807) is 0 Å². The topological polar surface area (TPSA) is 58.1 Å². The van der Waals surface area contributed by atoms with Crippen molar-refractivity contribution in [2.75, 3.05) is 59.7 Å². The van der Waals surface area contributed by atoms with Crippen molar-refractivity contribution in [2.24, 2.45) is 10.9 Å². The zero-order chi connectivity index (χ0) is 20.0. The summed E-state index contributed by atoms with van der Waals surface area (Å²) in [5, 5.41) is 6.63. The molecule has 1 saturated heterocycles. The van der Waals surface area contributed by atoms with Gasteiger partial charge in [0.15, 0.2) is 5.96 Å². The van der Waals surface area contributed by atoms with Crippen LogP contribution < -0.4 is 10.6 Å². The average Bonchev–Trinajstić information content (AvgIpc) is 3.20. The van der Waals surface area contributed by atoms with E-state index >= 15 is 0 Å². The first-order valence-electron chi connectivity index (χ1n) is 10.3. The van der Waals surface area contributed by atoms with E-state index in [1.165, 1.54) is 12.1 Å². The van der Waals surface area contributed by atoms with Crippen LogP contribution in [0.1, 0.15) is 25.3 Å². The number of hydrogen-bond acceptors (Lipinski definition) is 4. The van der Waals surface area contributed by atoms with Crippen LogP contribution in [0.15, 0.2) is 29.3 Å². The number of halogens is 2. The fourth-order valence-electron chi connectivity index (χ4n) is 3.01. The van der Waals surface area contributed by atoms with Gasteiger partial charge in [0.25, 0.3) is 0 Å². The van der Waals surface area contributed by atoms with E-state index in [0.717, 1.165) is 83.5 Å². The summed E-state index contributed by atoms with van der Waals surface area (Å²) in [5.41, 5.74) is 1.11. The van der Waals surface area contributed by atoms with Gasteiger partial charge in [-0.2, -0.15) is 0 Å². The molecule has 1 heterocycles. The molecule has 1 unspecified atom stereocenters. The lowest BCUT2D eigenvalue weighted by atomic mass is 10.1. The molecular weight excluding hydrogens is 486 g/mol. The third-order valence-electron chi connectivity index (χ3n) is 4.59. The van der Waals surface area contributed by atoms with Gasteiger partial charge in [0.2, 0.25) is 0 Å². The lowest BCUT2D eigenvalue weighted by Crippen LogP contribution is -2.41. The maximum absolute atomic E-state index is 13.0. The average molecular weight is 522 g/mol. The van der Waals surface area contributed by atoms with Crippen molar-refractivity contribution in [1.29, 1.82) is 0 Å². The molecular formula is C21H36FIN4O2. The van der Waals surface area contributed by atoms with E-state index in [-0.39, 0.29) is 29.8 Å². The fraction of sp³-hybridized carbons (Fsp3) is 0.667. The Bertz CT molecular complexity index is 568. The summed E-state index contributed by atoms with van der Waals surface area (Å²) in [6.45, 7) is 9.32. The Morgan fingerprint density at radius 2 is 2.10 bits per heavy atom. The summed E-state index contributed by atoms with van der Waals surface area (Å²) in [7, 11) is 2.06. The molecule has 2 N–H and O–H groups in total. The second-order valence-corrected chi connectivity index (χ2v) is 7.21. The highest BCUT2D eigenvalue weighted by atomic mass is 127. The number of guanidine groups is 1. The normalized spacial score (nSPS) is 16.7. The second-order valence-electron chi connectivity index (χ2n) is 7.21. The number of benzene rings is 1. The summed E-state index contributed by atoms with van der Waals surface area (Å²) < 4.78 is 24.0. The van der Waals surface area contributed by atoms with Crippen molar-refractivity contribution in [2.45, 2.75) is 26.3 Å². The number of likely N-dealkylation sites (N-methyl/N-ethyl adjacent to an activating group) is 1. The molecule has 0 amide bonds. The molecule has 29 heavy (non-hydrogen) atoms. The molecule has 1 aliphatic rings. The Morgan fingerprint density at radius 1 is 1.31 bits per heavy atom. The maximum atomic E-state index is 13.0. The molecule has 1 atom stereocenters. The first-order chi connectivity index (χ1) is 13.7. The van der Waals surface area contributed by atoms with Gasteiger partial charge < -0.3 is 25.0 Å². The van der Waals surface area contributed by atoms with Gasteiger partial charge in [-0.05, 0) is 44.5 Å². The third kappa shape index (κ3) is 11.7. The summed E-state index contributed by atoms with van der Waals surface area (Å²) in [4.78, 5) is 6.80. The molecule has 166 valence electrons. The largest absolute Gasteiger partial charge is 0.381 e. The fourth-order valence-corrected chi connectivity index (χ4v) is 3.01. The monoisotopic (exact) mass is 522 g/mol. The number of rotatable bonds is 12. The molecule has 0 bridgehead atoms. The van der Waals surface area contributed by atoms with Crippen LogP contribution in [0.3, 0.4) is 0 Å². The van der Waals surface area contributed by atoms with E-state index in [2.05, 4.69) is 34.5 Å². The molecule has 8 heteroatoms. The van der Waals surface area contributed by atoms with Gasteiger partial charge in [-0.1, -0.05) is 12.1 Å². The Labute approximate surface area is 191 Å². The van der Waals surface area contributed by atoms with Crippen LogP contribution >= 0.6 is 24.0 Å². The minimum absolute atomic E-state index is 0. The molecule has 1 fully saturated rings. The van der Waals surface area contributed by atoms with E-state index in [4.69, 9.17) is 9.47 Å². The summed E-state index contributed by atoms with van der Waals surface area (Å²) >= 11 is 0. The van der Waals surface area contributed by atoms with Crippen molar-refractivity contribution < 1.29 is 13.9 Å². The second kappa shape index (κ2) is 15.8. The van der Waals surface area contributed by atoms with Gasteiger partial charge in [0.1, 0.15) is 5.82 Å². The molecule has 0 spiro atoms. The predicted molar refractivity (Wildman–Crippen MR) is 126 cm³/mol. The highest BCUT2D eigenvalue weighted by molar-refractivity contribution is 14.0.